The average Bonchev–Trinajstić information content (AvgIpc) is 3.09. The Bertz CT molecular complexity index is 628. The molecule has 7 nitrogen and oxygen atoms in total. The third-order valence-corrected chi connectivity index (χ3v) is 2.42. The first-order valence-corrected chi connectivity index (χ1v) is 5.35. The number of hydrogen-bond acceptors (Lipinski definition) is 6. The fourth-order valence-corrected chi connectivity index (χ4v) is 1.48. The van der Waals surface area contributed by atoms with Gasteiger partial charge in [0.1, 0.15) is 5.69 Å². The van der Waals surface area contributed by atoms with Crippen LogP contribution in [0.4, 0.5) is 0 Å². The maximum atomic E-state index is 5.50. The predicted molar refractivity (Wildman–Crippen MR) is 63.0 cm³/mol. The van der Waals surface area contributed by atoms with E-state index < -0.39 is 0 Å². The zero-order valence-electron chi connectivity index (χ0n) is 9.37. The minimum absolute atomic E-state index is 0.352. The Morgan fingerprint density at radius 2 is 2.22 bits per heavy atom. The van der Waals surface area contributed by atoms with E-state index in [1.165, 1.54) is 0 Å². The van der Waals surface area contributed by atoms with E-state index in [0.29, 0.717) is 29.8 Å². The molecule has 0 atom stereocenters. The van der Waals surface area contributed by atoms with E-state index in [-0.39, 0.29) is 0 Å². The zero-order valence-corrected chi connectivity index (χ0v) is 9.37. The summed E-state index contributed by atoms with van der Waals surface area (Å²) in [6.45, 7) is 0.453. The van der Waals surface area contributed by atoms with Gasteiger partial charge < -0.3 is 15.2 Å². The molecule has 3 aromatic heterocycles. The van der Waals surface area contributed by atoms with Crippen LogP contribution in [0.2, 0.25) is 0 Å². The van der Waals surface area contributed by atoms with E-state index in [1.807, 2.05) is 6.07 Å². The maximum Gasteiger partial charge on any atom is 0.276 e. The fraction of sp³-hybridized carbons (Fsp3) is 0.0909. The van der Waals surface area contributed by atoms with Crippen LogP contribution >= 0.6 is 0 Å². The van der Waals surface area contributed by atoms with Crippen molar-refractivity contribution in [2.24, 2.45) is 5.73 Å². The average molecular weight is 242 g/mol. The van der Waals surface area contributed by atoms with Crippen LogP contribution in [-0.4, -0.2) is 25.1 Å². The van der Waals surface area contributed by atoms with Gasteiger partial charge in [0.25, 0.3) is 5.89 Å². The molecular weight excluding hydrogens is 232 g/mol. The first-order valence-electron chi connectivity index (χ1n) is 5.35. The smallest absolute Gasteiger partial charge is 0.276 e. The lowest BCUT2D eigenvalue weighted by Crippen LogP contribution is -1.96. The summed E-state index contributed by atoms with van der Waals surface area (Å²) in [6, 6.07) is 3.67. The summed E-state index contributed by atoms with van der Waals surface area (Å²) < 4.78 is 5.13. The van der Waals surface area contributed by atoms with Crippen molar-refractivity contribution in [2.75, 3.05) is 0 Å². The molecule has 3 heterocycles. The highest BCUT2D eigenvalue weighted by Gasteiger charge is 2.12. The topological polar surface area (TPSA) is 107 Å². The number of hydrogen-bond donors (Lipinski definition) is 2. The van der Waals surface area contributed by atoms with Crippen molar-refractivity contribution in [1.29, 1.82) is 0 Å². The van der Waals surface area contributed by atoms with Crippen LogP contribution in [0.1, 0.15) is 5.56 Å². The second-order valence-corrected chi connectivity index (χ2v) is 3.62. The second-order valence-electron chi connectivity index (χ2n) is 3.62. The number of nitrogens with two attached hydrogens (primary N) is 1. The lowest BCUT2D eigenvalue weighted by molar-refractivity contribution is 0.430. The Morgan fingerprint density at radius 3 is 2.89 bits per heavy atom. The van der Waals surface area contributed by atoms with Crippen molar-refractivity contribution >= 4 is 0 Å². The Hall–Kier alpha value is -2.54. The summed E-state index contributed by atoms with van der Waals surface area (Å²) in [5.74, 6) is 1.31. The summed E-state index contributed by atoms with van der Waals surface area (Å²) in [6.07, 6.45) is 5.01. The van der Waals surface area contributed by atoms with E-state index in [1.54, 1.807) is 24.7 Å². The molecule has 0 aliphatic heterocycles. The molecule has 7 heteroatoms. The van der Waals surface area contributed by atoms with Gasteiger partial charge in [-0.05, 0) is 11.6 Å². The monoisotopic (exact) mass is 242 g/mol. The Kier molecular flexibility index (Phi) is 2.58. The lowest BCUT2D eigenvalue weighted by Gasteiger charge is -1.96. The summed E-state index contributed by atoms with van der Waals surface area (Å²) >= 11 is 0. The number of H-pyrrole nitrogens is 1. The largest absolute Gasteiger partial charge is 0.342 e. The summed E-state index contributed by atoms with van der Waals surface area (Å²) in [5.41, 5.74) is 7.06. The normalized spacial score (nSPS) is 10.7. The van der Waals surface area contributed by atoms with E-state index in [2.05, 4.69) is 25.1 Å². The SMILES string of the molecule is NCc1ccc(-c2nc(-c3ncc[nH]3)no2)nc1. The van der Waals surface area contributed by atoms with Gasteiger partial charge in [0.05, 0.1) is 0 Å². The van der Waals surface area contributed by atoms with Gasteiger partial charge in [-0.3, -0.25) is 4.98 Å². The standard InChI is InChI=1S/C11H10N6O/c12-5-7-1-2-8(15-6-7)11-16-10(17-18-11)9-13-3-4-14-9/h1-4,6H,5,12H2,(H,13,14). The number of pyridine rings is 1. The molecule has 0 amide bonds. The van der Waals surface area contributed by atoms with Gasteiger partial charge in [0, 0.05) is 25.1 Å². The van der Waals surface area contributed by atoms with Gasteiger partial charge in [-0.15, -0.1) is 0 Å². The number of nitrogens with zero attached hydrogens (tertiary/aromatic N) is 4. The summed E-state index contributed by atoms with van der Waals surface area (Å²) in [4.78, 5) is 15.4. The minimum atomic E-state index is 0.352. The third kappa shape index (κ3) is 1.87. The van der Waals surface area contributed by atoms with Gasteiger partial charge in [0.15, 0.2) is 5.82 Å². The number of imidazole rings is 1. The number of rotatable bonds is 3. The highest BCUT2D eigenvalue weighted by atomic mass is 16.5. The predicted octanol–water partition coefficient (Wildman–Crippen LogP) is 0.980. The van der Waals surface area contributed by atoms with Gasteiger partial charge in [-0.25, -0.2) is 4.98 Å². The Morgan fingerprint density at radius 1 is 1.28 bits per heavy atom. The number of aromatic nitrogens is 5. The second kappa shape index (κ2) is 4.38. The molecule has 0 bridgehead atoms. The van der Waals surface area contributed by atoms with Crippen molar-refractivity contribution in [3.05, 3.63) is 36.3 Å². The molecule has 0 fully saturated rings. The Labute approximate surface area is 102 Å². The van der Waals surface area contributed by atoms with Gasteiger partial charge in [0.2, 0.25) is 5.82 Å². The van der Waals surface area contributed by atoms with Crippen molar-refractivity contribution in [2.45, 2.75) is 6.54 Å². The molecule has 18 heavy (non-hydrogen) atoms. The van der Waals surface area contributed by atoms with Crippen LogP contribution in [0.3, 0.4) is 0 Å². The molecule has 0 aromatic carbocycles. The van der Waals surface area contributed by atoms with Gasteiger partial charge >= 0.3 is 0 Å². The Balaban J connectivity index is 1.92. The molecule has 0 radical (unpaired) electrons. The van der Waals surface area contributed by atoms with Crippen molar-refractivity contribution in [1.82, 2.24) is 25.1 Å². The van der Waals surface area contributed by atoms with Crippen LogP contribution in [0.25, 0.3) is 23.2 Å². The van der Waals surface area contributed by atoms with E-state index in [9.17, 15) is 0 Å². The highest BCUT2D eigenvalue weighted by molar-refractivity contribution is 5.51. The van der Waals surface area contributed by atoms with Crippen LogP contribution in [0, 0.1) is 0 Å². The third-order valence-electron chi connectivity index (χ3n) is 2.42. The minimum Gasteiger partial charge on any atom is -0.342 e. The van der Waals surface area contributed by atoms with Crippen LogP contribution in [0.15, 0.2) is 35.2 Å². The first-order chi connectivity index (χ1) is 8.86. The van der Waals surface area contributed by atoms with Crippen molar-refractivity contribution < 1.29 is 4.52 Å². The lowest BCUT2D eigenvalue weighted by atomic mass is 10.2. The molecule has 90 valence electrons. The maximum absolute atomic E-state index is 5.50. The van der Waals surface area contributed by atoms with Crippen molar-refractivity contribution in [3.8, 4) is 23.2 Å². The molecule has 0 aliphatic rings. The van der Waals surface area contributed by atoms with E-state index in [0.717, 1.165) is 5.56 Å². The van der Waals surface area contributed by atoms with Gasteiger partial charge in [-0.1, -0.05) is 11.2 Å². The van der Waals surface area contributed by atoms with E-state index in [4.69, 9.17) is 10.3 Å². The fourth-order valence-electron chi connectivity index (χ4n) is 1.48. The molecule has 0 unspecified atom stereocenters. The molecular formula is C11H10N6O. The summed E-state index contributed by atoms with van der Waals surface area (Å²) in [5, 5.41) is 3.83. The molecule has 0 saturated carbocycles. The van der Waals surface area contributed by atoms with Crippen LogP contribution in [-0.2, 0) is 6.54 Å². The molecule has 0 spiro atoms. The highest BCUT2D eigenvalue weighted by Crippen LogP contribution is 2.18. The molecule has 0 saturated heterocycles. The molecule has 3 N–H and O–H groups in total. The van der Waals surface area contributed by atoms with E-state index >= 15 is 0 Å². The molecule has 3 aromatic rings. The first kappa shape index (κ1) is 10.6. The number of nitrogens with one attached hydrogen (secondary N) is 1. The zero-order chi connectivity index (χ0) is 12.4. The van der Waals surface area contributed by atoms with Crippen LogP contribution < -0.4 is 5.73 Å². The molecule has 3 rings (SSSR count). The number of aromatic amines is 1. The quantitative estimate of drug-likeness (QED) is 0.709. The van der Waals surface area contributed by atoms with Gasteiger partial charge in [-0.2, -0.15) is 4.98 Å². The van der Waals surface area contributed by atoms with Crippen LogP contribution in [0.5, 0.6) is 0 Å². The van der Waals surface area contributed by atoms with Crippen molar-refractivity contribution in [3.63, 3.8) is 0 Å². The molecule has 0 aliphatic carbocycles. The summed E-state index contributed by atoms with van der Waals surface area (Å²) in [7, 11) is 0.